The largest absolute Gasteiger partial charge is 0.378 e. The van der Waals surface area contributed by atoms with Gasteiger partial charge in [0.25, 0.3) is 0 Å². The van der Waals surface area contributed by atoms with Crippen LogP contribution in [0.15, 0.2) is 48.5 Å². The topological polar surface area (TPSA) is 13.0 Å². The van der Waals surface area contributed by atoms with Crippen LogP contribution in [0.25, 0.3) is 0 Å². The van der Waals surface area contributed by atoms with Gasteiger partial charge in [-0.25, -0.2) is 0 Å². The minimum Gasteiger partial charge on any atom is -0.378 e. The zero-order valence-corrected chi connectivity index (χ0v) is 17.1. The third kappa shape index (κ3) is 7.48. The Morgan fingerprint density at radius 2 is 0.760 bits per heavy atom. The molecule has 0 amide bonds. The van der Waals surface area contributed by atoms with Crippen LogP contribution in [0.1, 0.15) is 5.56 Å². The Balaban J connectivity index is 0.000000251. The molecule has 0 bridgehead atoms. The van der Waals surface area contributed by atoms with E-state index in [9.17, 15) is 0 Å². The van der Waals surface area contributed by atoms with Gasteiger partial charge in [-0.1, -0.05) is 12.1 Å². The maximum Gasteiger partial charge on any atom is 0.0362 e. The highest BCUT2D eigenvalue weighted by molar-refractivity contribution is 5.55. The summed E-state index contributed by atoms with van der Waals surface area (Å²) < 4.78 is 0. The summed E-state index contributed by atoms with van der Waals surface area (Å²) in [6, 6.07) is 17.1. The molecule has 0 N–H and O–H groups in total. The highest BCUT2D eigenvalue weighted by Gasteiger charge is 1.97. The fraction of sp³-hybridized carbons (Fsp3) is 0.429. The zero-order valence-electron chi connectivity index (χ0n) is 17.1. The SMILES string of the molecule is CN(C)Cc1ccc(N(C)C)cc1.CN(C)c1ccc(N(C)C)cc1. The van der Waals surface area contributed by atoms with Crippen LogP contribution in [0, 0.1) is 0 Å². The van der Waals surface area contributed by atoms with Crippen molar-refractivity contribution in [3.05, 3.63) is 54.1 Å². The van der Waals surface area contributed by atoms with Crippen LogP contribution in [0.4, 0.5) is 17.1 Å². The molecule has 0 heterocycles. The molecule has 0 aliphatic rings. The Bertz CT molecular complexity index is 572. The van der Waals surface area contributed by atoms with Gasteiger partial charge in [0.05, 0.1) is 0 Å². The van der Waals surface area contributed by atoms with Crippen molar-refractivity contribution in [3.63, 3.8) is 0 Å². The third-order valence-electron chi connectivity index (χ3n) is 3.83. The molecule has 0 aromatic heterocycles. The van der Waals surface area contributed by atoms with Gasteiger partial charge in [-0.05, 0) is 56.1 Å². The first kappa shape index (κ1) is 20.8. The summed E-state index contributed by atoms with van der Waals surface area (Å²) in [5, 5.41) is 0. The van der Waals surface area contributed by atoms with E-state index in [0.29, 0.717) is 0 Å². The molecular weight excluding hydrogens is 308 g/mol. The Morgan fingerprint density at radius 3 is 1.00 bits per heavy atom. The lowest BCUT2D eigenvalue weighted by atomic mass is 10.2. The van der Waals surface area contributed by atoms with E-state index in [1.54, 1.807) is 0 Å². The molecule has 0 unspecified atom stereocenters. The van der Waals surface area contributed by atoms with Gasteiger partial charge in [-0.15, -0.1) is 0 Å². The fourth-order valence-corrected chi connectivity index (χ4v) is 2.31. The standard InChI is InChI=1S/C11H18N2.C10H16N2/c1-12(2)9-10-5-7-11(8-6-10)13(3)4;1-11(2)9-5-7-10(8-6-9)12(3)4/h5-8H,9H2,1-4H3;5-8H,1-4H3. The second kappa shape index (κ2) is 9.94. The van der Waals surface area contributed by atoms with Gasteiger partial charge in [-0.3, -0.25) is 0 Å². The average Bonchev–Trinajstić information content (AvgIpc) is 2.55. The summed E-state index contributed by atoms with van der Waals surface area (Å²) in [6.07, 6.45) is 0. The molecular formula is C21H34N4. The van der Waals surface area contributed by atoms with E-state index in [0.717, 1.165) is 6.54 Å². The molecule has 0 radical (unpaired) electrons. The van der Waals surface area contributed by atoms with Crippen LogP contribution in [0.5, 0.6) is 0 Å². The number of rotatable bonds is 5. The van der Waals surface area contributed by atoms with Crippen LogP contribution < -0.4 is 14.7 Å². The van der Waals surface area contributed by atoms with Crippen LogP contribution in [-0.2, 0) is 6.54 Å². The lowest BCUT2D eigenvalue weighted by Crippen LogP contribution is -2.11. The Hall–Kier alpha value is -2.20. The molecule has 0 saturated heterocycles. The molecule has 25 heavy (non-hydrogen) atoms. The monoisotopic (exact) mass is 342 g/mol. The predicted octanol–water partition coefficient (Wildman–Crippen LogP) is 3.63. The first-order valence-electron chi connectivity index (χ1n) is 8.56. The molecule has 2 rings (SSSR count). The molecule has 4 nitrogen and oxygen atoms in total. The average molecular weight is 343 g/mol. The van der Waals surface area contributed by atoms with Gasteiger partial charge in [-0.2, -0.15) is 0 Å². The summed E-state index contributed by atoms with van der Waals surface area (Å²) in [6.45, 7) is 1.01. The highest BCUT2D eigenvalue weighted by atomic mass is 15.1. The first-order chi connectivity index (χ1) is 11.7. The molecule has 4 heteroatoms. The van der Waals surface area contributed by atoms with Crippen molar-refractivity contribution in [1.29, 1.82) is 0 Å². The molecule has 0 fully saturated rings. The van der Waals surface area contributed by atoms with Gasteiger partial charge in [0.15, 0.2) is 0 Å². The van der Waals surface area contributed by atoms with Crippen molar-refractivity contribution in [3.8, 4) is 0 Å². The van der Waals surface area contributed by atoms with E-state index in [4.69, 9.17) is 0 Å². The molecule has 0 saturated carbocycles. The molecule has 2 aromatic rings. The number of nitrogens with zero attached hydrogens (tertiary/aromatic N) is 4. The summed E-state index contributed by atoms with van der Waals surface area (Å²) in [5.41, 5.74) is 5.08. The molecule has 0 aliphatic heterocycles. The van der Waals surface area contributed by atoms with Crippen molar-refractivity contribution in [1.82, 2.24) is 4.90 Å². The molecule has 0 atom stereocenters. The van der Waals surface area contributed by atoms with Crippen LogP contribution >= 0.6 is 0 Å². The van der Waals surface area contributed by atoms with Crippen molar-refractivity contribution >= 4 is 17.1 Å². The number of hydrogen-bond acceptors (Lipinski definition) is 4. The lowest BCUT2D eigenvalue weighted by Gasteiger charge is -2.16. The highest BCUT2D eigenvalue weighted by Crippen LogP contribution is 2.17. The predicted molar refractivity (Wildman–Crippen MR) is 113 cm³/mol. The third-order valence-corrected chi connectivity index (χ3v) is 3.83. The van der Waals surface area contributed by atoms with Gasteiger partial charge in [0.1, 0.15) is 0 Å². The Labute approximate surface area is 154 Å². The van der Waals surface area contributed by atoms with Crippen LogP contribution in [-0.4, -0.2) is 61.3 Å². The molecule has 138 valence electrons. The van der Waals surface area contributed by atoms with Gasteiger partial charge in [0.2, 0.25) is 0 Å². The molecule has 0 spiro atoms. The number of benzene rings is 2. The first-order valence-corrected chi connectivity index (χ1v) is 8.56. The smallest absolute Gasteiger partial charge is 0.0362 e. The molecule has 2 aromatic carbocycles. The number of hydrogen-bond donors (Lipinski definition) is 0. The van der Waals surface area contributed by atoms with E-state index in [2.05, 4.69) is 96.3 Å². The Kier molecular flexibility index (Phi) is 8.29. The van der Waals surface area contributed by atoms with E-state index in [-0.39, 0.29) is 0 Å². The maximum atomic E-state index is 2.18. The quantitative estimate of drug-likeness (QED) is 0.822. The fourth-order valence-electron chi connectivity index (χ4n) is 2.31. The van der Waals surface area contributed by atoms with E-state index >= 15 is 0 Å². The normalized spacial score (nSPS) is 10.1. The number of anilines is 3. The van der Waals surface area contributed by atoms with E-state index < -0.39 is 0 Å². The second-order valence-electron chi connectivity index (χ2n) is 7.10. The minimum absolute atomic E-state index is 1.01. The maximum absolute atomic E-state index is 2.18. The van der Waals surface area contributed by atoms with Crippen molar-refractivity contribution in [2.75, 3.05) is 71.1 Å². The second-order valence-corrected chi connectivity index (χ2v) is 7.10. The van der Waals surface area contributed by atoms with Gasteiger partial charge in [0, 0.05) is 65.9 Å². The van der Waals surface area contributed by atoms with Gasteiger partial charge < -0.3 is 19.6 Å². The van der Waals surface area contributed by atoms with Crippen LogP contribution in [0.3, 0.4) is 0 Å². The van der Waals surface area contributed by atoms with E-state index in [1.165, 1.54) is 22.6 Å². The summed E-state index contributed by atoms with van der Waals surface area (Å²) >= 11 is 0. The lowest BCUT2D eigenvalue weighted by molar-refractivity contribution is 0.402. The van der Waals surface area contributed by atoms with E-state index in [1.807, 2.05) is 28.2 Å². The summed E-state index contributed by atoms with van der Waals surface area (Å²) in [5.74, 6) is 0. The molecule has 0 aliphatic carbocycles. The summed E-state index contributed by atoms with van der Waals surface area (Å²) in [7, 11) is 16.5. The Morgan fingerprint density at radius 1 is 0.480 bits per heavy atom. The van der Waals surface area contributed by atoms with Crippen molar-refractivity contribution < 1.29 is 0 Å². The van der Waals surface area contributed by atoms with Crippen LogP contribution in [0.2, 0.25) is 0 Å². The van der Waals surface area contributed by atoms with Crippen molar-refractivity contribution in [2.24, 2.45) is 0 Å². The van der Waals surface area contributed by atoms with Crippen molar-refractivity contribution in [2.45, 2.75) is 6.54 Å². The summed E-state index contributed by atoms with van der Waals surface area (Å²) in [4.78, 5) is 8.48. The minimum atomic E-state index is 1.01. The van der Waals surface area contributed by atoms with Gasteiger partial charge >= 0.3 is 0 Å². The zero-order chi connectivity index (χ0) is 19.0.